The first kappa shape index (κ1) is 24.3. The first-order valence-corrected chi connectivity index (χ1v) is 12.2. The number of nitrogens with zero attached hydrogens (tertiary/aromatic N) is 4. The summed E-state index contributed by atoms with van der Waals surface area (Å²) in [6.07, 6.45) is 1.42. The number of aryl methyl sites for hydroxylation is 1. The molecule has 0 saturated heterocycles. The molecule has 1 amide bonds. The number of hydrazone groups is 1. The second kappa shape index (κ2) is 11.1. The normalized spacial score (nSPS) is 11.2. The van der Waals surface area contributed by atoms with Crippen LogP contribution < -0.4 is 5.43 Å². The molecule has 0 spiro atoms. The number of carbonyl (C=O) groups excluding carboxylic acids is 1. The van der Waals surface area contributed by atoms with Gasteiger partial charge in [0, 0.05) is 21.8 Å². The van der Waals surface area contributed by atoms with E-state index in [1.807, 2.05) is 47.9 Å². The van der Waals surface area contributed by atoms with Gasteiger partial charge in [-0.1, -0.05) is 82.5 Å². The fraction of sp³-hybridized carbons (Fsp3) is 0.0833. The van der Waals surface area contributed by atoms with Gasteiger partial charge in [-0.2, -0.15) is 5.10 Å². The molecule has 172 valence electrons. The molecule has 4 aromatic rings. The van der Waals surface area contributed by atoms with Gasteiger partial charge < -0.3 is 0 Å². The zero-order valence-electron chi connectivity index (χ0n) is 17.9. The number of halogens is 3. The molecule has 0 radical (unpaired) electrons. The maximum absolute atomic E-state index is 12.4. The molecule has 1 heterocycles. The number of carbonyl (C=O) groups is 1. The molecule has 0 bridgehead atoms. The summed E-state index contributed by atoms with van der Waals surface area (Å²) < 4.78 is 1.89. The number of benzene rings is 3. The Morgan fingerprint density at radius 3 is 2.35 bits per heavy atom. The topological polar surface area (TPSA) is 72.2 Å². The fourth-order valence-electron chi connectivity index (χ4n) is 3.04. The molecule has 0 aliphatic carbocycles. The highest BCUT2D eigenvalue weighted by Crippen LogP contribution is 2.29. The molecular weight excluding hydrogens is 513 g/mol. The van der Waals surface area contributed by atoms with Crippen LogP contribution in [0.2, 0.25) is 15.1 Å². The molecule has 0 aliphatic heterocycles. The van der Waals surface area contributed by atoms with Crippen LogP contribution in [0, 0.1) is 6.92 Å². The molecule has 0 fully saturated rings. The summed E-state index contributed by atoms with van der Waals surface area (Å²) in [5.74, 6) is 0.427. The van der Waals surface area contributed by atoms with Crippen LogP contribution in [0.1, 0.15) is 11.1 Å². The van der Waals surface area contributed by atoms with Crippen molar-refractivity contribution < 1.29 is 4.79 Å². The van der Waals surface area contributed by atoms with E-state index in [-0.39, 0.29) is 11.7 Å². The maximum atomic E-state index is 12.4. The van der Waals surface area contributed by atoms with E-state index in [0.717, 1.165) is 16.8 Å². The van der Waals surface area contributed by atoms with E-state index in [4.69, 9.17) is 34.8 Å². The highest BCUT2D eigenvalue weighted by molar-refractivity contribution is 7.99. The zero-order valence-corrected chi connectivity index (χ0v) is 21.0. The minimum atomic E-state index is -0.313. The van der Waals surface area contributed by atoms with Crippen LogP contribution in [-0.2, 0) is 4.79 Å². The van der Waals surface area contributed by atoms with Crippen LogP contribution in [0.4, 0.5) is 0 Å². The first-order valence-electron chi connectivity index (χ1n) is 10.1. The lowest BCUT2D eigenvalue weighted by Crippen LogP contribution is -2.20. The van der Waals surface area contributed by atoms with Gasteiger partial charge in [-0.05, 0) is 43.3 Å². The molecule has 0 aliphatic rings. The van der Waals surface area contributed by atoms with Crippen molar-refractivity contribution >= 4 is 58.7 Å². The van der Waals surface area contributed by atoms with Crippen molar-refractivity contribution in [3.63, 3.8) is 0 Å². The predicted octanol–water partition coefficient (Wildman–Crippen LogP) is 6.45. The van der Waals surface area contributed by atoms with Crippen LogP contribution in [0.25, 0.3) is 17.1 Å². The van der Waals surface area contributed by atoms with Gasteiger partial charge in [-0.25, -0.2) is 5.43 Å². The third-order valence-corrected chi connectivity index (χ3v) is 6.58. The summed E-state index contributed by atoms with van der Waals surface area (Å²) in [6, 6.07) is 20.5. The Bertz CT molecular complexity index is 1320. The number of amides is 1. The van der Waals surface area contributed by atoms with Crippen LogP contribution in [0.3, 0.4) is 0 Å². The van der Waals surface area contributed by atoms with E-state index >= 15 is 0 Å². The van der Waals surface area contributed by atoms with Gasteiger partial charge in [0.2, 0.25) is 0 Å². The number of rotatable bonds is 7. The molecule has 10 heteroatoms. The van der Waals surface area contributed by atoms with E-state index < -0.39 is 0 Å². The summed E-state index contributed by atoms with van der Waals surface area (Å²) in [5, 5.41) is 14.7. The predicted molar refractivity (Wildman–Crippen MR) is 139 cm³/mol. The van der Waals surface area contributed by atoms with Crippen molar-refractivity contribution in [2.75, 3.05) is 5.75 Å². The van der Waals surface area contributed by atoms with E-state index in [0.29, 0.717) is 31.6 Å². The lowest BCUT2D eigenvalue weighted by Gasteiger charge is -2.10. The summed E-state index contributed by atoms with van der Waals surface area (Å²) in [5.41, 5.74) is 5.90. The quantitative estimate of drug-likeness (QED) is 0.169. The second-order valence-corrected chi connectivity index (χ2v) is 9.39. The van der Waals surface area contributed by atoms with Crippen LogP contribution in [0.15, 0.2) is 77.0 Å². The molecule has 4 rings (SSSR count). The average molecular weight is 531 g/mol. The zero-order chi connectivity index (χ0) is 24.1. The largest absolute Gasteiger partial charge is 0.272 e. The Morgan fingerprint density at radius 1 is 1.00 bits per heavy atom. The second-order valence-electron chi connectivity index (χ2n) is 7.20. The maximum Gasteiger partial charge on any atom is 0.250 e. The minimum Gasteiger partial charge on any atom is -0.272 e. The lowest BCUT2D eigenvalue weighted by molar-refractivity contribution is -0.118. The fourth-order valence-corrected chi connectivity index (χ4v) is 4.41. The van der Waals surface area contributed by atoms with Gasteiger partial charge in [0.15, 0.2) is 11.0 Å². The Morgan fingerprint density at radius 2 is 1.68 bits per heavy atom. The minimum absolute atomic E-state index is 0.0766. The Balaban J connectivity index is 1.52. The molecule has 3 aromatic carbocycles. The third kappa shape index (κ3) is 5.80. The summed E-state index contributed by atoms with van der Waals surface area (Å²) in [6.45, 7) is 2.02. The summed E-state index contributed by atoms with van der Waals surface area (Å²) in [7, 11) is 0. The monoisotopic (exact) mass is 529 g/mol. The van der Waals surface area contributed by atoms with Crippen LogP contribution in [-0.4, -0.2) is 32.6 Å². The highest BCUT2D eigenvalue weighted by atomic mass is 35.5. The molecule has 34 heavy (non-hydrogen) atoms. The number of aromatic nitrogens is 3. The number of thioether (sulfide) groups is 1. The summed E-state index contributed by atoms with van der Waals surface area (Å²) >= 11 is 19.5. The molecule has 0 atom stereocenters. The number of nitrogens with one attached hydrogen (secondary N) is 1. The van der Waals surface area contributed by atoms with E-state index in [1.54, 1.807) is 30.3 Å². The van der Waals surface area contributed by atoms with Crippen molar-refractivity contribution in [2.24, 2.45) is 5.10 Å². The standard InChI is InChI=1S/C24H18Cl3N5OS/c1-15-5-7-16(8-6-15)23-30-31-24(32(23)18-11-9-17(25)10-12-18)34-14-22(33)29-28-13-19-20(26)3-2-4-21(19)27/h2-13H,14H2,1H3,(H,29,33). The lowest BCUT2D eigenvalue weighted by atomic mass is 10.1. The molecule has 1 N–H and O–H groups in total. The first-order chi connectivity index (χ1) is 16.4. The van der Waals surface area contributed by atoms with Crippen LogP contribution >= 0.6 is 46.6 Å². The van der Waals surface area contributed by atoms with Gasteiger partial charge in [-0.3, -0.25) is 9.36 Å². The van der Waals surface area contributed by atoms with Crippen molar-refractivity contribution in [2.45, 2.75) is 12.1 Å². The van der Waals surface area contributed by atoms with Gasteiger partial charge in [0.05, 0.1) is 22.0 Å². The Labute approximate surface area is 215 Å². The molecular formula is C24H18Cl3N5OS. The Hall–Kier alpha value is -2.84. The molecule has 0 unspecified atom stereocenters. The van der Waals surface area contributed by atoms with Crippen LogP contribution in [0.5, 0.6) is 0 Å². The Kier molecular flexibility index (Phi) is 7.90. The van der Waals surface area contributed by atoms with Crippen molar-refractivity contribution in [3.05, 3.63) is 92.9 Å². The van der Waals surface area contributed by atoms with Gasteiger partial charge in [-0.15, -0.1) is 10.2 Å². The van der Waals surface area contributed by atoms with E-state index in [1.165, 1.54) is 18.0 Å². The van der Waals surface area contributed by atoms with Crippen molar-refractivity contribution in [1.29, 1.82) is 0 Å². The third-order valence-electron chi connectivity index (χ3n) is 4.74. The summed E-state index contributed by atoms with van der Waals surface area (Å²) in [4.78, 5) is 12.4. The van der Waals surface area contributed by atoms with E-state index in [2.05, 4.69) is 20.7 Å². The average Bonchev–Trinajstić information content (AvgIpc) is 3.24. The number of hydrogen-bond acceptors (Lipinski definition) is 5. The smallest absolute Gasteiger partial charge is 0.250 e. The molecule has 0 saturated carbocycles. The van der Waals surface area contributed by atoms with E-state index in [9.17, 15) is 4.79 Å². The van der Waals surface area contributed by atoms with Gasteiger partial charge in [0.25, 0.3) is 5.91 Å². The number of hydrogen-bond donors (Lipinski definition) is 1. The van der Waals surface area contributed by atoms with Gasteiger partial charge in [0.1, 0.15) is 0 Å². The van der Waals surface area contributed by atoms with Gasteiger partial charge >= 0.3 is 0 Å². The SMILES string of the molecule is Cc1ccc(-c2nnc(SCC(=O)NN=Cc3c(Cl)cccc3Cl)n2-c2ccc(Cl)cc2)cc1. The highest BCUT2D eigenvalue weighted by Gasteiger charge is 2.17. The molecule has 6 nitrogen and oxygen atoms in total. The van der Waals surface area contributed by atoms with Crippen molar-refractivity contribution in [1.82, 2.24) is 20.2 Å². The molecule has 1 aromatic heterocycles. The van der Waals surface area contributed by atoms with Crippen molar-refractivity contribution in [3.8, 4) is 17.1 Å².